The van der Waals surface area contributed by atoms with Gasteiger partial charge in [0.05, 0.1) is 11.0 Å². The summed E-state index contributed by atoms with van der Waals surface area (Å²) < 4.78 is 2.30. The second-order valence-corrected chi connectivity index (χ2v) is 5.75. The smallest absolute Gasteiger partial charge is 0.112 e. The van der Waals surface area contributed by atoms with Crippen molar-refractivity contribution in [1.82, 2.24) is 9.55 Å². The summed E-state index contributed by atoms with van der Waals surface area (Å²) >= 11 is 4.31. The number of benzene rings is 1. The number of rotatable bonds is 3. The first-order valence-electron chi connectivity index (χ1n) is 6.85. The predicted molar refractivity (Wildman–Crippen MR) is 79.5 cm³/mol. The van der Waals surface area contributed by atoms with Crippen molar-refractivity contribution in [2.24, 2.45) is 7.05 Å². The van der Waals surface area contributed by atoms with Gasteiger partial charge in [-0.1, -0.05) is 18.9 Å². The van der Waals surface area contributed by atoms with Crippen LogP contribution in [0.2, 0.25) is 0 Å². The summed E-state index contributed by atoms with van der Waals surface area (Å²) in [6.07, 6.45) is 6.36. The fourth-order valence-electron chi connectivity index (χ4n) is 3.09. The molecule has 1 aromatic heterocycles. The Morgan fingerprint density at radius 2 is 2.11 bits per heavy atom. The SMILES string of the molecule is Cn1c(C2CCCC2)nc2ccc(CCS)cc21. The molecule has 18 heavy (non-hydrogen) atoms. The summed E-state index contributed by atoms with van der Waals surface area (Å²) in [5, 5.41) is 0. The van der Waals surface area contributed by atoms with Gasteiger partial charge in [0.2, 0.25) is 0 Å². The molecule has 0 unspecified atom stereocenters. The molecular formula is C15H20N2S. The van der Waals surface area contributed by atoms with Crippen LogP contribution in [0.5, 0.6) is 0 Å². The molecule has 0 atom stereocenters. The number of nitrogens with zero attached hydrogens (tertiary/aromatic N) is 2. The second kappa shape index (κ2) is 4.96. The van der Waals surface area contributed by atoms with Gasteiger partial charge in [0.25, 0.3) is 0 Å². The van der Waals surface area contributed by atoms with Crippen LogP contribution < -0.4 is 0 Å². The van der Waals surface area contributed by atoms with Gasteiger partial charge < -0.3 is 4.57 Å². The minimum absolute atomic E-state index is 0.677. The maximum atomic E-state index is 4.84. The molecule has 1 aliphatic carbocycles. The van der Waals surface area contributed by atoms with Crippen molar-refractivity contribution in [2.75, 3.05) is 5.75 Å². The zero-order valence-electron chi connectivity index (χ0n) is 10.9. The second-order valence-electron chi connectivity index (χ2n) is 5.31. The number of hydrogen-bond donors (Lipinski definition) is 1. The standard InChI is InChI=1S/C15H20N2S/c1-17-14-10-11(8-9-18)6-7-13(14)16-15(17)12-4-2-3-5-12/h6-7,10,12,18H,2-5,8-9H2,1H3. The molecule has 2 aromatic rings. The molecule has 0 saturated heterocycles. The summed E-state index contributed by atoms with van der Waals surface area (Å²) in [4.78, 5) is 4.84. The third kappa shape index (κ3) is 2.05. The van der Waals surface area contributed by atoms with Crippen LogP contribution in [0.3, 0.4) is 0 Å². The Balaban J connectivity index is 2.04. The van der Waals surface area contributed by atoms with Gasteiger partial charge in [-0.15, -0.1) is 0 Å². The third-order valence-electron chi connectivity index (χ3n) is 4.10. The maximum absolute atomic E-state index is 4.84. The Kier molecular flexibility index (Phi) is 3.33. The van der Waals surface area contributed by atoms with Crippen LogP contribution in [0.15, 0.2) is 18.2 Å². The molecule has 3 rings (SSSR count). The van der Waals surface area contributed by atoms with E-state index in [1.165, 1.54) is 42.6 Å². The van der Waals surface area contributed by atoms with Crippen LogP contribution in [0.1, 0.15) is 43.0 Å². The Morgan fingerprint density at radius 3 is 2.83 bits per heavy atom. The molecule has 1 aliphatic rings. The van der Waals surface area contributed by atoms with Crippen molar-refractivity contribution in [2.45, 2.75) is 38.0 Å². The summed E-state index contributed by atoms with van der Waals surface area (Å²) in [5.41, 5.74) is 3.77. The first kappa shape index (κ1) is 12.1. The molecule has 0 bridgehead atoms. The van der Waals surface area contributed by atoms with Crippen LogP contribution in [0.25, 0.3) is 11.0 Å². The van der Waals surface area contributed by atoms with Crippen molar-refractivity contribution in [3.05, 3.63) is 29.6 Å². The number of fused-ring (bicyclic) bond motifs is 1. The van der Waals surface area contributed by atoms with E-state index in [1.807, 2.05) is 0 Å². The average molecular weight is 260 g/mol. The molecule has 0 radical (unpaired) electrons. The minimum atomic E-state index is 0.677. The molecule has 3 heteroatoms. The molecule has 0 amide bonds. The summed E-state index contributed by atoms with van der Waals surface area (Å²) in [7, 11) is 2.16. The van der Waals surface area contributed by atoms with Gasteiger partial charge in [0, 0.05) is 13.0 Å². The summed E-state index contributed by atoms with van der Waals surface area (Å²) in [6.45, 7) is 0. The fraction of sp³-hybridized carbons (Fsp3) is 0.533. The molecule has 1 fully saturated rings. The largest absolute Gasteiger partial charge is 0.331 e. The van der Waals surface area contributed by atoms with Crippen LogP contribution in [0.4, 0.5) is 0 Å². The van der Waals surface area contributed by atoms with Gasteiger partial charge >= 0.3 is 0 Å². The zero-order chi connectivity index (χ0) is 12.5. The first-order valence-corrected chi connectivity index (χ1v) is 7.49. The van der Waals surface area contributed by atoms with E-state index in [4.69, 9.17) is 4.98 Å². The maximum Gasteiger partial charge on any atom is 0.112 e. The van der Waals surface area contributed by atoms with Crippen molar-refractivity contribution in [1.29, 1.82) is 0 Å². The average Bonchev–Trinajstić information content (AvgIpc) is 2.99. The molecule has 1 saturated carbocycles. The van der Waals surface area contributed by atoms with Gasteiger partial charge in [0.15, 0.2) is 0 Å². The van der Waals surface area contributed by atoms with E-state index in [9.17, 15) is 0 Å². The van der Waals surface area contributed by atoms with Gasteiger partial charge in [-0.05, 0) is 42.7 Å². The van der Waals surface area contributed by atoms with Crippen LogP contribution in [0, 0.1) is 0 Å². The van der Waals surface area contributed by atoms with Crippen LogP contribution in [-0.4, -0.2) is 15.3 Å². The van der Waals surface area contributed by atoms with Crippen molar-refractivity contribution in [3.8, 4) is 0 Å². The Labute approximate surface area is 114 Å². The van der Waals surface area contributed by atoms with Crippen molar-refractivity contribution in [3.63, 3.8) is 0 Å². The summed E-state index contributed by atoms with van der Waals surface area (Å²) in [5.74, 6) is 2.86. The van der Waals surface area contributed by atoms with Gasteiger partial charge in [-0.3, -0.25) is 0 Å². The molecular weight excluding hydrogens is 240 g/mol. The van der Waals surface area contributed by atoms with E-state index in [1.54, 1.807) is 0 Å². The topological polar surface area (TPSA) is 17.8 Å². The van der Waals surface area contributed by atoms with Gasteiger partial charge in [-0.2, -0.15) is 12.6 Å². The lowest BCUT2D eigenvalue weighted by molar-refractivity contribution is 0.639. The Bertz CT molecular complexity index is 553. The highest BCUT2D eigenvalue weighted by molar-refractivity contribution is 7.80. The molecule has 1 aromatic carbocycles. The first-order chi connectivity index (χ1) is 8.79. The van der Waals surface area contributed by atoms with Gasteiger partial charge in [-0.25, -0.2) is 4.98 Å². The lowest BCUT2D eigenvalue weighted by Crippen LogP contribution is -2.02. The highest BCUT2D eigenvalue weighted by Crippen LogP contribution is 2.34. The van der Waals surface area contributed by atoms with E-state index in [0.29, 0.717) is 5.92 Å². The normalized spacial score (nSPS) is 16.8. The summed E-state index contributed by atoms with van der Waals surface area (Å²) in [6, 6.07) is 6.62. The monoisotopic (exact) mass is 260 g/mol. The molecule has 0 spiro atoms. The lowest BCUT2D eigenvalue weighted by Gasteiger charge is -2.08. The van der Waals surface area contributed by atoms with E-state index in [2.05, 4.69) is 42.4 Å². The third-order valence-corrected chi connectivity index (χ3v) is 4.32. The molecule has 1 heterocycles. The number of thiol groups is 1. The van der Waals surface area contributed by atoms with Crippen LogP contribution in [-0.2, 0) is 13.5 Å². The van der Waals surface area contributed by atoms with E-state index >= 15 is 0 Å². The number of aryl methyl sites for hydroxylation is 2. The minimum Gasteiger partial charge on any atom is -0.331 e. The quantitative estimate of drug-likeness (QED) is 0.833. The number of hydrogen-bond acceptors (Lipinski definition) is 2. The zero-order valence-corrected chi connectivity index (χ0v) is 11.8. The molecule has 96 valence electrons. The van der Waals surface area contributed by atoms with E-state index in [0.717, 1.165) is 17.7 Å². The molecule has 0 aliphatic heterocycles. The van der Waals surface area contributed by atoms with Gasteiger partial charge in [0.1, 0.15) is 5.82 Å². The number of aromatic nitrogens is 2. The lowest BCUT2D eigenvalue weighted by atomic mass is 10.1. The highest BCUT2D eigenvalue weighted by Gasteiger charge is 2.22. The van der Waals surface area contributed by atoms with Crippen molar-refractivity contribution < 1.29 is 0 Å². The molecule has 0 N–H and O–H groups in total. The predicted octanol–water partition coefficient (Wildman–Crippen LogP) is 3.70. The highest BCUT2D eigenvalue weighted by atomic mass is 32.1. The van der Waals surface area contributed by atoms with E-state index < -0.39 is 0 Å². The van der Waals surface area contributed by atoms with Crippen LogP contribution >= 0.6 is 12.6 Å². The fourth-order valence-corrected chi connectivity index (χ4v) is 3.35. The number of imidazole rings is 1. The Morgan fingerprint density at radius 1 is 1.33 bits per heavy atom. The van der Waals surface area contributed by atoms with E-state index in [-0.39, 0.29) is 0 Å². The van der Waals surface area contributed by atoms with Crippen molar-refractivity contribution >= 4 is 23.7 Å². The Hall–Kier alpha value is -0.960. The molecule has 2 nitrogen and oxygen atoms in total.